The van der Waals surface area contributed by atoms with Crippen molar-refractivity contribution in [2.24, 2.45) is 0 Å². The summed E-state index contributed by atoms with van der Waals surface area (Å²) in [7, 11) is 4.35. The first-order valence-corrected chi connectivity index (χ1v) is 4.67. The van der Waals surface area contributed by atoms with Crippen LogP contribution in [0.15, 0.2) is 18.2 Å². The van der Waals surface area contributed by atoms with Gasteiger partial charge in [-0.05, 0) is 11.6 Å². The molecule has 0 aliphatic carbocycles. The lowest BCUT2D eigenvalue weighted by atomic mass is 10.1. The van der Waals surface area contributed by atoms with E-state index < -0.39 is 12.1 Å². The van der Waals surface area contributed by atoms with Gasteiger partial charge in [0.25, 0.3) is 0 Å². The van der Waals surface area contributed by atoms with Gasteiger partial charge in [0.15, 0.2) is 6.10 Å². The Labute approximate surface area is 94.0 Å². The van der Waals surface area contributed by atoms with Gasteiger partial charge in [0, 0.05) is 0 Å². The number of carbonyl (C=O) groups is 1. The van der Waals surface area contributed by atoms with Gasteiger partial charge < -0.3 is 19.9 Å². The molecule has 0 aromatic heterocycles. The number of carbonyl (C=O) groups excluding carboxylic acids is 1. The Bertz CT molecular complexity index is 378. The zero-order valence-corrected chi connectivity index (χ0v) is 9.43. The Morgan fingerprint density at radius 3 is 2.62 bits per heavy atom. The highest BCUT2D eigenvalue weighted by molar-refractivity contribution is 5.77. The second-order valence-corrected chi connectivity index (χ2v) is 3.08. The van der Waals surface area contributed by atoms with Gasteiger partial charge in [-0.15, -0.1) is 7.05 Å². The van der Waals surface area contributed by atoms with Crippen molar-refractivity contribution in [2.75, 3.05) is 21.3 Å². The first-order chi connectivity index (χ1) is 7.63. The molecule has 0 saturated carbocycles. The van der Waals surface area contributed by atoms with Gasteiger partial charge in [-0.1, -0.05) is 17.8 Å². The Balaban J connectivity index is 3.03. The third kappa shape index (κ3) is 2.43. The smallest absolute Gasteiger partial charge is 0.339 e. The Hall–Kier alpha value is -1.75. The predicted octanol–water partition coefficient (Wildman–Crippen LogP) is 1.54. The summed E-state index contributed by atoms with van der Waals surface area (Å²) in [4.78, 5) is 11.1. The molecule has 0 amide bonds. The average Bonchev–Trinajstić information content (AvgIpc) is 2.35. The molecule has 1 aromatic rings. The molecule has 1 N–H and O–H groups in total. The summed E-state index contributed by atoms with van der Waals surface area (Å²) in [5.41, 5.74) is 0.996. The van der Waals surface area contributed by atoms with Gasteiger partial charge in [-0.25, -0.2) is 4.79 Å². The fourth-order valence-corrected chi connectivity index (χ4v) is 1.30. The van der Waals surface area contributed by atoms with Gasteiger partial charge in [0.1, 0.15) is 5.75 Å². The molecule has 0 spiro atoms. The maximum Gasteiger partial charge on any atom is 0.339 e. The molecule has 5 heteroatoms. The summed E-state index contributed by atoms with van der Waals surface area (Å²) in [5, 5.41) is 13.6. The first-order valence-electron chi connectivity index (χ1n) is 4.67. The molecule has 1 atom stereocenters. The van der Waals surface area contributed by atoms with Crippen LogP contribution in [0.4, 0.5) is 5.69 Å². The molecule has 0 radical (unpaired) electrons. The number of rotatable bonds is 4. The van der Waals surface area contributed by atoms with E-state index in [0.717, 1.165) is 0 Å². The molecule has 0 heterocycles. The minimum Gasteiger partial charge on any atom is -0.684 e. The van der Waals surface area contributed by atoms with E-state index in [1.807, 2.05) is 0 Å². The number of hydrogen-bond donors (Lipinski definition) is 1. The maximum absolute atomic E-state index is 11.1. The lowest BCUT2D eigenvalue weighted by Crippen LogP contribution is -2.13. The van der Waals surface area contributed by atoms with E-state index in [-0.39, 0.29) is 0 Å². The molecular weight excluding hydrogens is 210 g/mol. The van der Waals surface area contributed by atoms with Crippen molar-refractivity contribution in [1.29, 1.82) is 0 Å². The third-order valence-corrected chi connectivity index (χ3v) is 2.18. The first kappa shape index (κ1) is 12.3. The number of hydrogen-bond acceptors (Lipinski definition) is 4. The summed E-state index contributed by atoms with van der Waals surface area (Å²) >= 11 is 0. The minimum atomic E-state index is -1.29. The fraction of sp³-hybridized carbons (Fsp3) is 0.364. The molecule has 0 fully saturated rings. The molecule has 16 heavy (non-hydrogen) atoms. The maximum atomic E-state index is 11.1. The molecule has 88 valence electrons. The summed E-state index contributed by atoms with van der Waals surface area (Å²) in [6.45, 7) is 0. The zero-order chi connectivity index (χ0) is 12.1. The minimum absolute atomic E-state index is 0.424. The second kappa shape index (κ2) is 5.37. The molecular formula is C11H14NO4-. The number of benzene rings is 1. The molecule has 1 rings (SSSR count). The lowest BCUT2D eigenvalue weighted by Gasteiger charge is -2.20. The van der Waals surface area contributed by atoms with Gasteiger partial charge in [-0.2, -0.15) is 0 Å². The normalized spacial score (nSPS) is 11.8. The number of esters is 1. The van der Waals surface area contributed by atoms with E-state index in [9.17, 15) is 9.90 Å². The highest BCUT2D eigenvalue weighted by atomic mass is 16.5. The van der Waals surface area contributed by atoms with Gasteiger partial charge in [0.05, 0.1) is 14.2 Å². The van der Waals surface area contributed by atoms with Crippen LogP contribution in [0.5, 0.6) is 5.75 Å². The van der Waals surface area contributed by atoms with E-state index in [1.54, 1.807) is 25.2 Å². The van der Waals surface area contributed by atoms with E-state index in [1.165, 1.54) is 14.2 Å². The number of aliphatic hydroxyl groups excluding tert-OH is 1. The summed E-state index contributed by atoms with van der Waals surface area (Å²) in [6.07, 6.45) is -1.29. The van der Waals surface area contributed by atoms with Crippen LogP contribution in [0.25, 0.3) is 5.32 Å². The van der Waals surface area contributed by atoms with Crippen molar-refractivity contribution in [3.63, 3.8) is 0 Å². The van der Waals surface area contributed by atoms with Crippen LogP contribution in [-0.2, 0) is 9.53 Å². The predicted molar refractivity (Wildman–Crippen MR) is 58.9 cm³/mol. The van der Waals surface area contributed by atoms with Crippen molar-refractivity contribution in [1.82, 2.24) is 0 Å². The topological polar surface area (TPSA) is 69.9 Å². The molecule has 5 nitrogen and oxygen atoms in total. The van der Waals surface area contributed by atoms with Crippen molar-refractivity contribution in [3.05, 3.63) is 29.1 Å². The summed E-state index contributed by atoms with van der Waals surface area (Å²) in [6, 6.07) is 4.82. The quantitative estimate of drug-likeness (QED) is 0.787. The van der Waals surface area contributed by atoms with E-state index in [4.69, 9.17) is 4.74 Å². The number of methoxy groups -OCH3 is 2. The largest absolute Gasteiger partial charge is 0.684 e. The Morgan fingerprint density at radius 2 is 2.12 bits per heavy atom. The third-order valence-electron chi connectivity index (χ3n) is 2.18. The number of aliphatic hydroxyl groups is 1. The molecule has 1 aromatic carbocycles. The standard InChI is InChI=1S/C11H14NO4/c1-12-8-6-7(4-5-9(8)15-2)10(13)11(14)16-3/h4-6,10,13H,1-3H3/q-1. The van der Waals surface area contributed by atoms with E-state index >= 15 is 0 Å². The van der Waals surface area contributed by atoms with Crippen LogP contribution in [-0.4, -0.2) is 32.3 Å². The fourth-order valence-electron chi connectivity index (χ4n) is 1.30. The zero-order valence-electron chi connectivity index (χ0n) is 9.43. The van der Waals surface area contributed by atoms with Gasteiger partial charge in [-0.3, -0.25) is 0 Å². The highest BCUT2D eigenvalue weighted by Crippen LogP contribution is 2.32. The van der Waals surface area contributed by atoms with Crippen LogP contribution in [0, 0.1) is 0 Å². The van der Waals surface area contributed by atoms with Gasteiger partial charge in [0.2, 0.25) is 0 Å². The van der Waals surface area contributed by atoms with Crippen molar-refractivity contribution in [2.45, 2.75) is 6.10 Å². The number of ether oxygens (including phenoxy) is 2. The van der Waals surface area contributed by atoms with Crippen LogP contribution in [0.2, 0.25) is 0 Å². The Kier molecular flexibility index (Phi) is 4.13. The number of nitrogens with zero attached hydrogens (tertiary/aromatic N) is 1. The molecule has 0 bridgehead atoms. The lowest BCUT2D eigenvalue weighted by molar-refractivity contribution is -0.150. The van der Waals surface area contributed by atoms with Crippen LogP contribution in [0.3, 0.4) is 0 Å². The van der Waals surface area contributed by atoms with Crippen LogP contribution < -0.4 is 4.74 Å². The molecule has 1 unspecified atom stereocenters. The monoisotopic (exact) mass is 224 g/mol. The summed E-state index contributed by atoms with van der Waals surface area (Å²) < 4.78 is 9.51. The van der Waals surface area contributed by atoms with E-state index in [2.05, 4.69) is 10.1 Å². The second-order valence-electron chi connectivity index (χ2n) is 3.08. The molecule has 0 aliphatic rings. The van der Waals surface area contributed by atoms with Crippen LogP contribution >= 0.6 is 0 Å². The average molecular weight is 224 g/mol. The summed E-state index contributed by atoms with van der Waals surface area (Å²) in [5.74, 6) is -0.115. The molecule has 0 aliphatic heterocycles. The van der Waals surface area contributed by atoms with Crippen molar-refractivity contribution < 1.29 is 19.4 Å². The SMILES string of the molecule is C[N-]c1cc(C(O)C(=O)OC)ccc1OC. The van der Waals surface area contributed by atoms with E-state index in [0.29, 0.717) is 17.0 Å². The van der Waals surface area contributed by atoms with Crippen molar-refractivity contribution in [3.8, 4) is 5.75 Å². The molecule has 0 saturated heterocycles. The van der Waals surface area contributed by atoms with Crippen molar-refractivity contribution >= 4 is 11.7 Å². The Morgan fingerprint density at radius 1 is 1.44 bits per heavy atom. The van der Waals surface area contributed by atoms with Gasteiger partial charge >= 0.3 is 5.97 Å². The van der Waals surface area contributed by atoms with Crippen LogP contribution in [0.1, 0.15) is 11.7 Å². The highest BCUT2D eigenvalue weighted by Gasteiger charge is 2.17.